The van der Waals surface area contributed by atoms with E-state index in [1.165, 1.54) is 42.9 Å². The zero-order valence-electron chi connectivity index (χ0n) is 19.2. The van der Waals surface area contributed by atoms with Crippen LogP contribution < -0.4 is 16.4 Å². The number of nitrogen functional groups attached to an aromatic ring is 1. The van der Waals surface area contributed by atoms with Gasteiger partial charge in [0, 0.05) is 34.7 Å². The highest BCUT2D eigenvalue weighted by Gasteiger charge is 2.30. The summed E-state index contributed by atoms with van der Waals surface area (Å²) in [4.78, 5) is 8.47. The van der Waals surface area contributed by atoms with Gasteiger partial charge < -0.3 is 16.4 Å². The Morgan fingerprint density at radius 1 is 1.06 bits per heavy atom. The van der Waals surface area contributed by atoms with E-state index < -0.39 is 24.5 Å². The molecule has 0 aliphatic rings. The van der Waals surface area contributed by atoms with Gasteiger partial charge in [0.15, 0.2) is 0 Å². The van der Waals surface area contributed by atoms with Crippen molar-refractivity contribution >= 4 is 28.8 Å². The number of halogens is 4. The first kappa shape index (κ1) is 17.5. The molecule has 4 rings (SSSR count). The number of aryl methyl sites for hydroxylation is 1. The van der Waals surface area contributed by atoms with Gasteiger partial charge in [-0.05, 0) is 35.9 Å². The molecule has 0 amide bonds. The van der Waals surface area contributed by atoms with Crippen LogP contribution in [0, 0.1) is 5.82 Å². The molecule has 0 spiro atoms. The molecule has 0 aliphatic carbocycles. The number of hydrogen-bond acceptors (Lipinski definition) is 6. The summed E-state index contributed by atoms with van der Waals surface area (Å²) in [6.45, 7) is -2.48. The minimum absolute atomic E-state index is 0.00225. The van der Waals surface area contributed by atoms with Gasteiger partial charge in [-0.1, -0.05) is 12.1 Å². The Labute approximate surface area is 184 Å². The van der Waals surface area contributed by atoms with E-state index in [1.807, 2.05) is 0 Å². The van der Waals surface area contributed by atoms with E-state index in [2.05, 4.69) is 25.7 Å². The predicted octanol–water partition coefficient (Wildman–Crippen LogP) is 5.10. The average molecular weight is 446 g/mol. The third-order valence-electron chi connectivity index (χ3n) is 4.39. The Balaban J connectivity index is 1.73. The van der Waals surface area contributed by atoms with Gasteiger partial charge in [0.1, 0.15) is 11.6 Å². The Bertz CT molecular complexity index is 1350. The highest BCUT2D eigenvalue weighted by Crippen LogP contribution is 2.34. The second-order valence-electron chi connectivity index (χ2n) is 6.69. The molecule has 32 heavy (non-hydrogen) atoms. The SMILES string of the molecule is [2H]C([2H])([2H])n1cc(Nc2ncc(-c3ccc(C(F)(F)F)cc3)c(Nc3cc(N)ccc3F)n2)cn1. The second kappa shape index (κ2) is 8.17. The maximum Gasteiger partial charge on any atom is 0.416 e. The van der Waals surface area contributed by atoms with Crippen LogP contribution >= 0.6 is 0 Å². The van der Waals surface area contributed by atoms with Crippen LogP contribution in [0.5, 0.6) is 0 Å². The summed E-state index contributed by atoms with van der Waals surface area (Å²) in [5, 5.41) is 9.35. The number of nitrogens with zero attached hydrogens (tertiary/aromatic N) is 4. The minimum Gasteiger partial charge on any atom is -0.399 e. The topological polar surface area (TPSA) is 93.7 Å². The Morgan fingerprint density at radius 3 is 2.53 bits per heavy atom. The molecule has 164 valence electrons. The third-order valence-corrected chi connectivity index (χ3v) is 4.39. The van der Waals surface area contributed by atoms with Gasteiger partial charge in [0.2, 0.25) is 5.95 Å². The molecule has 0 saturated carbocycles. The van der Waals surface area contributed by atoms with Crippen LogP contribution in [0.25, 0.3) is 11.1 Å². The van der Waals surface area contributed by atoms with Crippen LogP contribution in [-0.4, -0.2) is 19.7 Å². The van der Waals surface area contributed by atoms with Crippen molar-refractivity contribution in [1.82, 2.24) is 19.7 Å². The van der Waals surface area contributed by atoms with Gasteiger partial charge in [0.05, 0.1) is 23.1 Å². The van der Waals surface area contributed by atoms with Crippen LogP contribution in [-0.2, 0) is 13.2 Å². The van der Waals surface area contributed by atoms with E-state index in [1.54, 1.807) is 0 Å². The summed E-state index contributed by atoms with van der Waals surface area (Å²) < 4.78 is 76.2. The van der Waals surface area contributed by atoms with Crippen molar-refractivity contribution in [2.75, 3.05) is 16.4 Å². The minimum atomic E-state index is -4.51. The normalized spacial score (nSPS) is 13.2. The van der Waals surface area contributed by atoms with Crippen LogP contribution in [0.4, 0.5) is 46.4 Å². The largest absolute Gasteiger partial charge is 0.416 e. The van der Waals surface area contributed by atoms with Crippen molar-refractivity contribution in [3.05, 3.63) is 72.4 Å². The Hall–Kier alpha value is -4.15. The molecular weight excluding hydrogens is 426 g/mol. The zero-order chi connectivity index (χ0) is 25.4. The van der Waals surface area contributed by atoms with Crippen molar-refractivity contribution in [3.8, 4) is 11.1 Å². The van der Waals surface area contributed by atoms with Crippen molar-refractivity contribution in [3.63, 3.8) is 0 Å². The summed E-state index contributed by atoms with van der Waals surface area (Å²) in [6, 6.07) is 8.17. The van der Waals surface area contributed by atoms with Crippen LogP contribution in [0.3, 0.4) is 0 Å². The number of aromatic nitrogens is 4. The number of nitrogens with two attached hydrogens (primary N) is 1. The van der Waals surface area contributed by atoms with E-state index in [4.69, 9.17) is 9.85 Å². The highest BCUT2D eigenvalue weighted by atomic mass is 19.4. The standard InChI is InChI=1S/C21H17F4N7/c1-32-11-15(9-28-32)29-20-27-10-16(12-2-4-13(5-3-12)21(23,24)25)19(31-20)30-18-8-14(26)6-7-17(18)22/h2-11H,26H2,1H3,(H2,27,29,30,31)/i1D3. The molecule has 0 aliphatic heterocycles. The molecule has 0 fully saturated rings. The lowest BCUT2D eigenvalue weighted by Gasteiger charge is -2.14. The molecular formula is C21H17F4N7. The molecule has 0 atom stereocenters. The summed E-state index contributed by atoms with van der Waals surface area (Å²) in [5.74, 6) is -0.572. The second-order valence-corrected chi connectivity index (χ2v) is 6.69. The predicted molar refractivity (Wildman–Crippen MR) is 113 cm³/mol. The number of nitrogens with one attached hydrogen (secondary N) is 2. The molecule has 4 N–H and O–H groups in total. The number of rotatable bonds is 5. The molecule has 4 aromatic rings. The number of benzene rings is 2. The quantitative estimate of drug-likeness (QED) is 0.292. The lowest BCUT2D eigenvalue weighted by Crippen LogP contribution is -2.05. The first-order valence-electron chi connectivity index (χ1n) is 10.6. The van der Waals surface area contributed by atoms with Crippen LogP contribution in [0.15, 0.2) is 61.1 Å². The highest BCUT2D eigenvalue weighted by molar-refractivity contribution is 5.79. The van der Waals surface area contributed by atoms with Gasteiger partial charge in [-0.25, -0.2) is 9.37 Å². The first-order valence-corrected chi connectivity index (χ1v) is 9.09. The molecule has 7 nitrogen and oxygen atoms in total. The Morgan fingerprint density at radius 2 is 1.84 bits per heavy atom. The van der Waals surface area contributed by atoms with E-state index >= 15 is 0 Å². The van der Waals surface area contributed by atoms with Crippen molar-refractivity contribution in [2.24, 2.45) is 6.98 Å². The molecule has 2 heterocycles. The maximum atomic E-state index is 14.4. The van der Waals surface area contributed by atoms with Crippen molar-refractivity contribution in [1.29, 1.82) is 0 Å². The summed E-state index contributed by atoms with van der Waals surface area (Å²) >= 11 is 0. The summed E-state index contributed by atoms with van der Waals surface area (Å²) in [7, 11) is 0. The maximum absolute atomic E-state index is 14.4. The fraction of sp³-hybridized carbons (Fsp3) is 0.0952. The van der Waals surface area contributed by atoms with Crippen LogP contribution in [0.1, 0.15) is 9.68 Å². The number of hydrogen-bond donors (Lipinski definition) is 3. The molecule has 2 aromatic heterocycles. The van der Waals surface area contributed by atoms with Gasteiger partial charge >= 0.3 is 6.18 Å². The third kappa shape index (κ3) is 4.61. The smallest absolute Gasteiger partial charge is 0.399 e. The number of anilines is 5. The Kier molecular flexibility index (Phi) is 4.48. The van der Waals surface area contributed by atoms with Gasteiger partial charge in [-0.15, -0.1) is 0 Å². The molecule has 11 heteroatoms. The van der Waals surface area contributed by atoms with Crippen LogP contribution in [0.2, 0.25) is 0 Å². The fourth-order valence-corrected chi connectivity index (χ4v) is 2.87. The van der Waals surface area contributed by atoms with E-state index in [-0.39, 0.29) is 34.4 Å². The van der Waals surface area contributed by atoms with E-state index in [0.29, 0.717) is 5.56 Å². The monoisotopic (exact) mass is 446 g/mol. The molecule has 2 aromatic carbocycles. The summed E-state index contributed by atoms with van der Waals surface area (Å²) in [5.41, 5.74) is 6.06. The average Bonchev–Trinajstić information content (AvgIpc) is 3.25. The molecule has 0 radical (unpaired) electrons. The van der Waals surface area contributed by atoms with Crippen molar-refractivity contribution in [2.45, 2.75) is 6.18 Å². The number of alkyl halides is 3. The molecule has 0 bridgehead atoms. The van der Waals surface area contributed by atoms with Gasteiger partial charge in [-0.3, -0.25) is 4.68 Å². The van der Waals surface area contributed by atoms with Crippen molar-refractivity contribution < 1.29 is 21.7 Å². The molecule has 0 saturated heterocycles. The molecule has 0 unspecified atom stereocenters. The fourth-order valence-electron chi connectivity index (χ4n) is 2.87. The lowest BCUT2D eigenvalue weighted by molar-refractivity contribution is -0.137. The van der Waals surface area contributed by atoms with E-state index in [0.717, 1.165) is 22.9 Å². The lowest BCUT2D eigenvalue weighted by atomic mass is 10.1. The van der Waals surface area contributed by atoms with Gasteiger partial charge in [0.25, 0.3) is 0 Å². The summed E-state index contributed by atoms with van der Waals surface area (Å²) in [6.07, 6.45) is -0.693. The van der Waals surface area contributed by atoms with Gasteiger partial charge in [-0.2, -0.15) is 23.3 Å². The zero-order valence-corrected chi connectivity index (χ0v) is 16.2. The van der Waals surface area contributed by atoms with E-state index in [9.17, 15) is 17.6 Å². The first-order chi connectivity index (χ1) is 16.4.